The highest BCUT2D eigenvalue weighted by atomic mass is 79.9. The predicted molar refractivity (Wildman–Crippen MR) is 63.3 cm³/mol. The van der Waals surface area contributed by atoms with E-state index in [1.54, 1.807) is 6.07 Å². The van der Waals surface area contributed by atoms with Gasteiger partial charge in [-0.2, -0.15) is 0 Å². The van der Waals surface area contributed by atoms with Crippen molar-refractivity contribution in [3.05, 3.63) is 34.1 Å². The van der Waals surface area contributed by atoms with Crippen LogP contribution in [0.4, 0.5) is 4.39 Å². The van der Waals surface area contributed by atoms with E-state index in [0.717, 1.165) is 23.1 Å². The number of rotatable bonds is 6. The van der Waals surface area contributed by atoms with Crippen LogP contribution in [-0.2, 0) is 11.3 Å². The van der Waals surface area contributed by atoms with Crippen molar-refractivity contribution in [2.75, 3.05) is 6.61 Å². The molecule has 0 radical (unpaired) electrons. The summed E-state index contributed by atoms with van der Waals surface area (Å²) in [5.41, 5.74) is 0.993. The van der Waals surface area contributed by atoms with E-state index in [4.69, 9.17) is 4.74 Å². The molecule has 1 aromatic rings. The third kappa shape index (κ3) is 4.76. The number of halogens is 2. The standard InChI is InChI=1S/C12H16BrFO/c1-2-3-4-7-15-9-10-5-6-11(14)8-12(10)13/h5-6,8H,2-4,7,9H2,1H3. The van der Waals surface area contributed by atoms with Crippen LogP contribution in [-0.4, -0.2) is 6.61 Å². The maximum Gasteiger partial charge on any atom is 0.124 e. The smallest absolute Gasteiger partial charge is 0.124 e. The van der Waals surface area contributed by atoms with Crippen molar-refractivity contribution in [1.29, 1.82) is 0 Å². The average Bonchev–Trinajstić information content (AvgIpc) is 2.20. The van der Waals surface area contributed by atoms with Gasteiger partial charge in [-0.1, -0.05) is 41.8 Å². The van der Waals surface area contributed by atoms with E-state index in [9.17, 15) is 4.39 Å². The van der Waals surface area contributed by atoms with Crippen molar-refractivity contribution in [2.45, 2.75) is 32.8 Å². The summed E-state index contributed by atoms with van der Waals surface area (Å²) in [6, 6.07) is 4.67. The molecular weight excluding hydrogens is 259 g/mol. The molecule has 1 rings (SSSR count). The monoisotopic (exact) mass is 274 g/mol. The molecule has 0 saturated carbocycles. The summed E-state index contributed by atoms with van der Waals surface area (Å²) in [7, 11) is 0. The average molecular weight is 275 g/mol. The van der Waals surface area contributed by atoms with Gasteiger partial charge in [-0.3, -0.25) is 0 Å². The van der Waals surface area contributed by atoms with Crippen molar-refractivity contribution in [1.82, 2.24) is 0 Å². The number of benzene rings is 1. The predicted octanol–water partition coefficient (Wildman–Crippen LogP) is 4.30. The Morgan fingerprint density at radius 3 is 2.80 bits per heavy atom. The quantitative estimate of drug-likeness (QED) is 0.703. The van der Waals surface area contributed by atoms with Gasteiger partial charge in [0, 0.05) is 11.1 Å². The number of ether oxygens (including phenoxy) is 1. The van der Waals surface area contributed by atoms with Crippen LogP contribution in [0.2, 0.25) is 0 Å². The lowest BCUT2D eigenvalue weighted by atomic mass is 10.2. The molecule has 15 heavy (non-hydrogen) atoms. The number of unbranched alkanes of at least 4 members (excludes halogenated alkanes) is 2. The minimum atomic E-state index is -0.225. The molecule has 0 heterocycles. The fourth-order valence-corrected chi connectivity index (χ4v) is 1.74. The third-order valence-corrected chi connectivity index (χ3v) is 2.90. The van der Waals surface area contributed by atoms with E-state index >= 15 is 0 Å². The zero-order valence-electron chi connectivity index (χ0n) is 8.93. The van der Waals surface area contributed by atoms with Gasteiger partial charge in [-0.25, -0.2) is 4.39 Å². The molecule has 0 N–H and O–H groups in total. The van der Waals surface area contributed by atoms with Crippen LogP contribution in [0, 0.1) is 5.82 Å². The molecule has 0 aliphatic heterocycles. The minimum absolute atomic E-state index is 0.225. The largest absolute Gasteiger partial charge is 0.377 e. The van der Waals surface area contributed by atoms with Gasteiger partial charge in [0.15, 0.2) is 0 Å². The first-order valence-corrected chi connectivity index (χ1v) is 6.05. The zero-order valence-corrected chi connectivity index (χ0v) is 10.5. The molecule has 0 aliphatic carbocycles. The Hall–Kier alpha value is -0.410. The molecule has 0 spiro atoms. The molecule has 3 heteroatoms. The molecule has 0 aliphatic rings. The Labute approximate surface area is 98.8 Å². The fourth-order valence-electron chi connectivity index (χ4n) is 1.27. The Bertz CT molecular complexity index is 302. The SMILES string of the molecule is CCCCCOCc1ccc(F)cc1Br. The molecule has 1 aromatic carbocycles. The number of hydrogen-bond acceptors (Lipinski definition) is 1. The molecule has 0 amide bonds. The lowest BCUT2D eigenvalue weighted by Gasteiger charge is -2.06. The molecule has 0 aromatic heterocycles. The Kier molecular flexibility index (Phi) is 5.88. The number of hydrogen-bond donors (Lipinski definition) is 0. The van der Waals surface area contributed by atoms with Crippen LogP contribution in [0.3, 0.4) is 0 Å². The van der Waals surface area contributed by atoms with Crippen molar-refractivity contribution >= 4 is 15.9 Å². The van der Waals surface area contributed by atoms with Crippen LogP contribution < -0.4 is 0 Å². The van der Waals surface area contributed by atoms with Crippen molar-refractivity contribution in [2.24, 2.45) is 0 Å². The highest BCUT2D eigenvalue weighted by Gasteiger charge is 2.01. The van der Waals surface area contributed by atoms with Gasteiger partial charge in [-0.05, 0) is 24.1 Å². The van der Waals surface area contributed by atoms with Gasteiger partial charge < -0.3 is 4.74 Å². The molecule has 0 unspecified atom stereocenters. The molecule has 0 fully saturated rings. The van der Waals surface area contributed by atoms with E-state index in [2.05, 4.69) is 22.9 Å². The van der Waals surface area contributed by atoms with Crippen molar-refractivity contribution < 1.29 is 9.13 Å². The van der Waals surface area contributed by atoms with Gasteiger partial charge in [0.05, 0.1) is 6.61 Å². The van der Waals surface area contributed by atoms with Crippen LogP contribution in [0.5, 0.6) is 0 Å². The highest BCUT2D eigenvalue weighted by Crippen LogP contribution is 2.18. The Morgan fingerprint density at radius 1 is 1.33 bits per heavy atom. The minimum Gasteiger partial charge on any atom is -0.377 e. The summed E-state index contributed by atoms with van der Waals surface area (Å²) in [5, 5.41) is 0. The Morgan fingerprint density at radius 2 is 2.13 bits per heavy atom. The van der Waals surface area contributed by atoms with Gasteiger partial charge in [0.25, 0.3) is 0 Å². The molecule has 0 atom stereocenters. The van der Waals surface area contributed by atoms with Gasteiger partial charge >= 0.3 is 0 Å². The van der Waals surface area contributed by atoms with E-state index in [1.165, 1.54) is 25.0 Å². The summed E-state index contributed by atoms with van der Waals surface area (Å²) < 4.78 is 19.0. The third-order valence-electron chi connectivity index (χ3n) is 2.16. The van der Waals surface area contributed by atoms with Crippen LogP contribution in [0.15, 0.2) is 22.7 Å². The summed E-state index contributed by atoms with van der Waals surface area (Å²) in [6.07, 6.45) is 3.49. The fraction of sp³-hybridized carbons (Fsp3) is 0.500. The molecular formula is C12H16BrFO. The van der Waals surface area contributed by atoms with E-state index < -0.39 is 0 Å². The maximum absolute atomic E-state index is 12.8. The second-order valence-electron chi connectivity index (χ2n) is 3.50. The topological polar surface area (TPSA) is 9.23 Å². The van der Waals surface area contributed by atoms with E-state index in [-0.39, 0.29) is 5.82 Å². The van der Waals surface area contributed by atoms with E-state index in [1.807, 2.05) is 0 Å². The van der Waals surface area contributed by atoms with Gasteiger partial charge in [0.2, 0.25) is 0 Å². The summed E-state index contributed by atoms with van der Waals surface area (Å²) in [4.78, 5) is 0. The molecule has 84 valence electrons. The van der Waals surface area contributed by atoms with Gasteiger partial charge in [0.1, 0.15) is 5.82 Å². The first-order chi connectivity index (χ1) is 7.24. The first kappa shape index (κ1) is 12.7. The van der Waals surface area contributed by atoms with Crippen molar-refractivity contribution in [3.63, 3.8) is 0 Å². The normalized spacial score (nSPS) is 10.6. The lowest BCUT2D eigenvalue weighted by molar-refractivity contribution is 0.116. The molecule has 0 saturated heterocycles. The van der Waals surface area contributed by atoms with Crippen LogP contribution in [0.25, 0.3) is 0 Å². The van der Waals surface area contributed by atoms with Gasteiger partial charge in [-0.15, -0.1) is 0 Å². The zero-order chi connectivity index (χ0) is 11.1. The molecule has 1 nitrogen and oxygen atoms in total. The van der Waals surface area contributed by atoms with Crippen LogP contribution in [0.1, 0.15) is 31.7 Å². The Balaban J connectivity index is 2.31. The molecule has 0 bridgehead atoms. The summed E-state index contributed by atoms with van der Waals surface area (Å²) in [5.74, 6) is -0.225. The second kappa shape index (κ2) is 6.96. The second-order valence-corrected chi connectivity index (χ2v) is 4.35. The maximum atomic E-state index is 12.8. The van der Waals surface area contributed by atoms with Crippen molar-refractivity contribution in [3.8, 4) is 0 Å². The summed E-state index contributed by atoms with van der Waals surface area (Å²) >= 11 is 3.31. The lowest BCUT2D eigenvalue weighted by Crippen LogP contribution is -1.96. The highest BCUT2D eigenvalue weighted by molar-refractivity contribution is 9.10. The summed E-state index contributed by atoms with van der Waals surface area (Å²) in [6.45, 7) is 3.48. The van der Waals surface area contributed by atoms with E-state index in [0.29, 0.717) is 6.61 Å². The van der Waals surface area contributed by atoms with Crippen LogP contribution >= 0.6 is 15.9 Å². The first-order valence-electron chi connectivity index (χ1n) is 5.25.